The highest BCUT2D eigenvalue weighted by atomic mass is 35.5. The van der Waals surface area contributed by atoms with Crippen LogP contribution in [-0.2, 0) is 16.0 Å². The lowest BCUT2D eigenvalue weighted by Gasteiger charge is -2.15. The fourth-order valence-electron chi connectivity index (χ4n) is 3.21. The summed E-state index contributed by atoms with van der Waals surface area (Å²) < 4.78 is 0. The predicted octanol–water partition coefficient (Wildman–Crippen LogP) is 5.45. The molecule has 0 saturated carbocycles. The summed E-state index contributed by atoms with van der Waals surface area (Å²) in [7, 11) is 0. The second-order valence-corrected chi connectivity index (χ2v) is 8.14. The van der Waals surface area contributed by atoms with Gasteiger partial charge in [0.05, 0.1) is 10.5 Å². The van der Waals surface area contributed by atoms with E-state index in [2.05, 4.69) is 0 Å². The fraction of sp³-hybridized carbons (Fsp3) is 0.0833. The van der Waals surface area contributed by atoms with E-state index < -0.39 is 0 Å². The number of hydrogen-bond donors (Lipinski definition) is 0. The van der Waals surface area contributed by atoms with E-state index in [1.54, 1.807) is 24.3 Å². The summed E-state index contributed by atoms with van der Waals surface area (Å²) in [6.07, 6.45) is 0.621. The fourth-order valence-corrected chi connectivity index (χ4v) is 4.37. The van der Waals surface area contributed by atoms with Crippen LogP contribution in [-0.4, -0.2) is 23.3 Å². The Kier molecular flexibility index (Phi) is 5.84. The van der Waals surface area contributed by atoms with Crippen LogP contribution in [0.15, 0.2) is 94.7 Å². The van der Waals surface area contributed by atoms with Crippen molar-refractivity contribution in [3.63, 3.8) is 0 Å². The van der Waals surface area contributed by atoms with Crippen molar-refractivity contribution in [2.24, 2.45) is 0 Å². The van der Waals surface area contributed by atoms with Crippen LogP contribution in [0.4, 0.5) is 0 Å². The van der Waals surface area contributed by atoms with Gasteiger partial charge in [-0.2, -0.15) is 0 Å². The first kappa shape index (κ1) is 19.5. The summed E-state index contributed by atoms with van der Waals surface area (Å²) >= 11 is 7.34. The van der Waals surface area contributed by atoms with Crippen molar-refractivity contribution in [2.45, 2.75) is 11.3 Å². The van der Waals surface area contributed by atoms with Gasteiger partial charge in [0.25, 0.3) is 11.8 Å². The third-order valence-corrected chi connectivity index (χ3v) is 6.03. The molecule has 1 aliphatic rings. The van der Waals surface area contributed by atoms with Gasteiger partial charge in [-0.1, -0.05) is 84.0 Å². The van der Waals surface area contributed by atoms with Gasteiger partial charge in [0, 0.05) is 16.5 Å². The molecule has 5 heteroatoms. The Balaban J connectivity index is 1.66. The third-order valence-electron chi connectivity index (χ3n) is 4.69. The summed E-state index contributed by atoms with van der Waals surface area (Å²) in [5.74, 6) is -0.503. The van der Waals surface area contributed by atoms with E-state index in [4.69, 9.17) is 11.6 Å². The first-order valence-corrected chi connectivity index (χ1v) is 10.5. The molecule has 1 aliphatic heterocycles. The van der Waals surface area contributed by atoms with Crippen LogP contribution in [0.1, 0.15) is 11.1 Å². The molecule has 0 saturated heterocycles. The van der Waals surface area contributed by atoms with Crippen LogP contribution in [0.3, 0.4) is 0 Å². The Morgan fingerprint density at radius 2 is 1.38 bits per heavy atom. The quantitative estimate of drug-likeness (QED) is 0.498. The van der Waals surface area contributed by atoms with E-state index >= 15 is 0 Å². The number of carbonyl (C=O) groups is 2. The highest BCUT2D eigenvalue weighted by molar-refractivity contribution is 8.04. The molecule has 2 amide bonds. The molecule has 0 aromatic heterocycles. The second-order valence-electron chi connectivity index (χ2n) is 6.62. The number of nitrogens with zero attached hydrogens (tertiary/aromatic N) is 1. The molecule has 3 nitrogen and oxygen atoms in total. The number of benzene rings is 3. The summed E-state index contributed by atoms with van der Waals surface area (Å²) in [5, 5.41) is 0.587. The Hall–Kier alpha value is -2.82. The molecule has 1 heterocycles. The van der Waals surface area contributed by atoms with Gasteiger partial charge < -0.3 is 0 Å². The largest absolute Gasteiger partial charge is 0.274 e. The van der Waals surface area contributed by atoms with Crippen molar-refractivity contribution in [1.82, 2.24) is 4.90 Å². The maximum Gasteiger partial charge on any atom is 0.268 e. The van der Waals surface area contributed by atoms with Crippen molar-refractivity contribution in [3.8, 4) is 0 Å². The highest BCUT2D eigenvalue weighted by Crippen LogP contribution is 2.39. The summed E-state index contributed by atoms with van der Waals surface area (Å²) in [4.78, 5) is 29.1. The van der Waals surface area contributed by atoms with Gasteiger partial charge in [-0.25, -0.2) is 0 Å². The number of thioether (sulfide) groups is 1. The molecule has 0 fully saturated rings. The van der Waals surface area contributed by atoms with Crippen molar-refractivity contribution in [1.29, 1.82) is 0 Å². The van der Waals surface area contributed by atoms with Crippen molar-refractivity contribution < 1.29 is 9.59 Å². The number of imide groups is 1. The molecular formula is C24H18ClNO2S. The Morgan fingerprint density at radius 1 is 0.759 bits per heavy atom. The molecule has 29 heavy (non-hydrogen) atoms. The van der Waals surface area contributed by atoms with Gasteiger partial charge in [-0.05, 0) is 41.8 Å². The average molecular weight is 420 g/mol. The lowest BCUT2D eigenvalue weighted by molar-refractivity contribution is -0.136. The highest BCUT2D eigenvalue weighted by Gasteiger charge is 2.39. The molecule has 0 aliphatic carbocycles. The number of amides is 2. The van der Waals surface area contributed by atoms with Crippen LogP contribution in [0.25, 0.3) is 5.57 Å². The molecule has 0 bridgehead atoms. The zero-order valence-corrected chi connectivity index (χ0v) is 17.1. The second kappa shape index (κ2) is 8.68. The minimum Gasteiger partial charge on any atom is -0.274 e. The van der Waals surface area contributed by atoms with Crippen LogP contribution >= 0.6 is 23.4 Å². The van der Waals surface area contributed by atoms with Gasteiger partial charge in [0.15, 0.2) is 0 Å². The molecule has 0 N–H and O–H groups in total. The Bertz CT molecular complexity index is 1060. The topological polar surface area (TPSA) is 37.4 Å². The van der Waals surface area contributed by atoms with E-state index in [9.17, 15) is 9.59 Å². The molecule has 0 unspecified atom stereocenters. The molecular weight excluding hydrogens is 402 g/mol. The van der Waals surface area contributed by atoms with Crippen LogP contribution in [0.5, 0.6) is 0 Å². The van der Waals surface area contributed by atoms with E-state index in [1.807, 2.05) is 60.7 Å². The average Bonchev–Trinajstić information content (AvgIpc) is 2.98. The Labute approximate surface area is 179 Å². The standard InChI is InChI=1S/C24H18ClNO2S/c25-19-13-11-18(12-14-19)21-22(29-20-9-5-2-6-10-20)24(28)26(23(21)27)16-15-17-7-3-1-4-8-17/h1-14H,15-16H2. The first-order valence-electron chi connectivity index (χ1n) is 9.27. The molecule has 0 spiro atoms. The van der Waals surface area contributed by atoms with E-state index in [0.29, 0.717) is 34.0 Å². The van der Waals surface area contributed by atoms with Gasteiger partial charge in [-0.15, -0.1) is 0 Å². The monoisotopic (exact) mass is 419 g/mol. The molecule has 0 atom stereocenters. The third kappa shape index (κ3) is 4.29. The van der Waals surface area contributed by atoms with Gasteiger partial charge in [0.2, 0.25) is 0 Å². The Morgan fingerprint density at radius 3 is 2.03 bits per heavy atom. The number of carbonyl (C=O) groups excluding carboxylic acids is 2. The van der Waals surface area contributed by atoms with Crippen LogP contribution < -0.4 is 0 Å². The zero-order valence-electron chi connectivity index (χ0n) is 15.5. The van der Waals surface area contributed by atoms with Gasteiger partial charge >= 0.3 is 0 Å². The van der Waals surface area contributed by atoms with Crippen molar-refractivity contribution >= 4 is 40.8 Å². The number of rotatable bonds is 6. The smallest absolute Gasteiger partial charge is 0.268 e. The van der Waals surface area contributed by atoms with Crippen LogP contribution in [0.2, 0.25) is 5.02 Å². The maximum atomic E-state index is 13.2. The number of hydrogen-bond acceptors (Lipinski definition) is 3. The van der Waals surface area contributed by atoms with Crippen molar-refractivity contribution in [3.05, 3.63) is 106 Å². The predicted molar refractivity (Wildman–Crippen MR) is 118 cm³/mol. The number of halogens is 1. The van der Waals surface area contributed by atoms with E-state index in [0.717, 1.165) is 10.5 Å². The molecule has 4 rings (SSSR count). The molecule has 144 valence electrons. The summed E-state index contributed by atoms with van der Waals surface area (Å²) in [5.41, 5.74) is 2.23. The SMILES string of the molecule is O=C1C(Sc2ccccc2)=C(c2ccc(Cl)cc2)C(=O)N1CCc1ccccc1. The molecule has 3 aromatic rings. The first-order chi connectivity index (χ1) is 14.1. The lowest BCUT2D eigenvalue weighted by atomic mass is 10.1. The summed E-state index contributed by atoms with van der Waals surface area (Å²) in [6.45, 7) is 0.345. The van der Waals surface area contributed by atoms with E-state index in [1.165, 1.54) is 16.7 Å². The molecule has 0 radical (unpaired) electrons. The minimum atomic E-state index is -0.258. The van der Waals surface area contributed by atoms with Gasteiger partial charge in [-0.3, -0.25) is 14.5 Å². The zero-order chi connectivity index (χ0) is 20.2. The minimum absolute atomic E-state index is 0.246. The maximum absolute atomic E-state index is 13.2. The van der Waals surface area contributed by atoms with Gasteiger partial charge in [0.1, 0.15) is 0 Å². The van der Waals surface area contributed by atoms with Crippen molar-refractivity contribution in [2.75, 3.05) is 6.54 Å². The van der Waals surface area contributed by atoms with E-state index in [-0.39, 0.29) is 11.8 Å². The normalized spacial score (nSPS) is 14.0. The summed E-state index contributed by atoms with van der Waals surface area (Å²) in [6, 6.07) is 26.5. The molecule has 3 aromatic carbocycles. The lowest BCUT2D eigenvalue weighted by Crippen LogP contribution is -2.33. The van der Waals surface area contributed by atoms with Crippen LogP contribution in [0, 0.1) is 0 Å².